The third-order valence-electron chi connectivity index (χ3n) is 2.97. The SMILES string of the molecule is CC(C(=O)NC(C(=O)O)c1ccccc1)n1cccn1. The van der Waals surface area contributed by atoms with E-state index in [2.05, 4.69) is 10.4 Å². The van der Waals surface area contributed by atoms with E-state index in [-0.39, 0.29) is 0 Å². The maximum absolute atomic E-state index is 12.1. The number of amides is 1. The Morgan fingerprint density at radius 2 is 1.95 bits per heavy atom. The average Bonchev–Trinajstić information content (AvgIpc) is 2.98. The number of aliphatic carboxylic acids is 1. The van der Waals surface area contributed by atoms with Gasteiger partial charge in [-0.05, 0) is 18.6 Å². The lowest BCUT2D eigenvalue weighted by molar-refractivity contribution is -0.142. The number of carboxylic acids is 1. The van der Waals surface area contributed by atoms with Gasteiger partial charge in [0.05, 0.1) is 0 Å². The molecule has 0 aliphatic heterocycles. The lowest BCUT2D eigenvalue weighted by atomic mass is 10.1. The van der Waals surface area contributed by atoms with Crippen LogP contribution in [0.4, 0.5) is 0 Å². The second-order valence-corrected chi connectivity index (χ2v) is 4.35. The molecule has 0 fully saturated rings. The summed E-state index contributed by atoms with van der Waals surface area (Å²) in [6.45, 7) is 1.66. The standard InChI is InChI=1S/C14H15N3O3/c1-10(17-9-5-8-15-17)13(18)16-12(14(19)20)11-6-3-2-4-7-11/h2-10,12H,1H3,(H,16,18)(H,19,20). The summed E-state index contributed by atoms with van der Waals surface area (Å²) < 4.78 is 1.47. The maximum atomic E-state index is 12.1. The topological polar surface area (TPSA) is 84.2 Å². The molecular weight excluding hydrogens is 258 g/mol. The predicted molar refractivity (Wildman–Crippen MR) is 71.9 cm³/mol. The van der Waals surface area contributed by atoms with Gasteiger partial charge in [0.1, 0.15) is 6.04 Å². The minimum Gasteiger partial charge on any atom is -0.479 e. The molecule has 6 nitrogen and oxygen atoms in total. The summed E-state index contributed by atoms with van der Waals surface area (Å²) in [4.78, 5) is 23.4. The third kappa shape index (κ3) is 3.03. The molecule has 0 bridgehead atoms. The number of carboxylic acid groups (broad SMARTS) is 1. The lowest BCUT2D eigenvalue weighted by Gasteiger charge is -2.18. The van der Waals surface area contributed by atoms with Crippen molar-refractivity contribution in [2.75, 3.05) is 0 Å². The van der Waals surface area contributed by atoms with Crippen LogP contribution in [0.3, 0.4) is 0 Å². The van der Waals surface area contributed by atoms with Crippen LogP contribution in [0, 0.1) is 0 Å². The van der Waals surface area contributed by atoms with Crippen molar-refractivity contribution < 1.29 is 14.7 Å². The molecule has 0 radical (unpaired) electrons. The van der Waals surface area contributed by atoms with E-state index in [1.54, 1.807) is 55.7 Å². The minimum absolute atomic E-state index is 0.398. The van der Waals surface area contributed by atoms with Crippen LogP contribution in [0.25, 0.3) is 0 Å². The van der Waals surface area contributed by atoms with Gasteiger partial charge in [0.2, 0.25) is 5.91 Å². The van der Waals surface area contributed by atoms with Gasteiger partial charge in [-0.1, -0.05) is 30.3 Å². The Morgan fingerprint density at radius 3 is 2.50 bits per heavy atom. The quantitative estimate of drug-likeness (QED) is 0.862. The van der Waals surface area contributed by atoms with Crippen molar-refractivity contribution in [2.24, 2.45) is 0 Å². The fraction of sp³-hybridized carbons (Fsp3) is 0.214. The molecule has 0 saturated carbocycles. The molecule has 1 amide bonds. The highest BCUT2D eigenvalue weighted by Crippen LogP contribution is 2.14. The number of carbonyl (C=O) groups is 2. The van der Waals surface area contributed by atoms with E-state index in [1.165, 1.54) is 4.68 Å². The molecule has 0 spiro atoms. The number of rotatable bonds is 5. The minimum atomic E-state index is -1.10. The summed E-state index contributed by atoms with van der Waals surface area (Å²) in [7, 11) is 0. The Bertz CT molecular complexity index is 581. The number of nitrogens with zero attached hydrogens (tertiary/aromatic N) is 2. The highest BCUT2D eigenvalue weighted by Gasteiger charge is 2.25. The van der Waals surface area contributed by atoms with Crippen molar-refractivity contribution in [3.8, 4) is 0 Å². The smallest absolute Gasteiger partial charge is 0.330 e. The molecule has 2 aromatic rings. The Morgan fingerprint density at radius 1 is 1.25 bits per heavy atom. The van der Waals surface area contributed by atoms with Gasteiger partial charge in [-0.2, -0.15) is 5.10 Å². The number of hydrogen-bond acceptors (Lipinski definition) is 3. The second kappa shape index (κ2) is 6.01. The summed E-state index contributed by atoms with van der Waals surface area (Å²) in [5.74, 6) is -1.50. The second-order valence-electron chi connectivity index (χ2n) is 4.35. The summed E-state index contributed by atoms with van der Waals surface area (Å²) >= 11 is 0. The Balaban J connectivity index is 2.13. The molecule has 2 N–H and O–H groups in total. The highest BCUT2D eigenvalue weighted by molar-refractivity contribution is 5.86. The molecule has 1 heterocycles. The van der Waals surface area contributed by atoms with E-state index in [1.807, 2.05) is 0 Å². The summed E-state index contributed by atoms with van der Waals surface area (Å²) in [5.41, 5.74) is 0.529. The zero-order chi connectivity index (χ0) is 14.5. The number of carbonyl (C=O) groups excluding carboxylic acids is 1. The fourth-order valence-electron chi connectivity index (χ4n) is 1.83. The van der Waals surface area contributed by atoms with E-state index in [0.29, 0.717) is 5.56 Å². The maximum Gasteiger partial charge on any atom is 0.330 e. The molecule has 2 unspecified atom stereocenters. The van der Waals surface area contributed by atoms with E-state index in [4.69, 9.17) is 0 Å². The van der Waals surface area contributed by atoms with Gasteiger partial charge in [0.15, 0.2) is 6.04 Å². The summed E-state index contributed by atoms with van der Waals surface area (Å²) in [6.07, 6.45) is 3.22. The Hall–Kier alpha value is -2.63. The van der Waals surface area contributed by atoms with Crippen LogP contribution in [0.15, 0.2) is 48.8 Å². The number of aromatic nitrogens is 2. The van der Waals surface area contributed by atoms with E-state index in [9.17, 15) is 14.7 Å². The van der Waals surface area contributed by atoms with E-state index in [0.717, 1.165) is 0 Å². The van der Waals surface area contributed by atoms with Crippen LogP contribution in [0.5, 0.6) is 0 Å². The van der Waals surface area contributed by atoms with Crippen LogP contribution in [-0.4, -0.2) is 26.8 Å². The normalized spacial score (nSPS) is 13.4. The molecule has 1 aromatic heterocycles. The summed E-state index contributed by atoms with van der Waals surface area (Å²) in [6, 6.07) is 8.64. The molecule has 0 aliphatic carbocycles. The first-order chi connectivity index (χ1) is 9.59. The molecule has 2 atom stereocenters. The van der Waals surface area contributed by atoms with Crippen molar-refractivity contribution in [1.29, 1.82) is 0 Å². The zero-order valence-corrected chi connectivity index (χ0v) is 10.9. The van der Waals surface area contributed by atoms with Gasteiger partial charge in [0.25, 0.3) is 0 Å². The molecule has 0 aliphatic rings. The zero-order valence-electron chi connectivity index (χ0n) is 10.9. The Labute approximate surface area is 116 Å². The van der Waals surface area contributed by atoms with Gasteiger partial charge >= 0.3 is 5.97 Å². The first kappa shape index (κ1) is 13.8. The van der Waals surface area contributed by atoms with Crippen molar-refractivity contribution >= 4 is 11.9 Å². The first-order valence-corrected chi connectivity index (χ1v) is 6.17. The van der Waals surface area contributed by atoms with Crippen LogP contribution in [-0.2, 0) is 9.59 Å². The monoisotopic (exact) mass is 273 g/mol. The fourth-order valence-corrected chi connectivity index (χ4v) is 1.83. The molecular formula is C14H15N3O3. The van der Waals surface area contributed by atoms with Gasteiger partial charge in [-0.15, -0.1) is 0 Å². The van der Waals surface area contributed by atoms with Crippen molar-refractivity contribution in [3.05, 3.63) is 54.4 Å². The van der Waals surface area contributed by atoms with Crippen molar-refractivity contribution in [1.82, 2.24) is 15.1 Å². The molecule has 20 heavy (non-hydrogen) atoms. The molecule has 1 aromatic carbocycles. The van der Waals surface area contributed by atoms with Gasteiger partial charge in [0, 0.05) is 12.4 Å². The molecule has 104 valence electrons. The number of nitrogens with one attached hydrogen (secondary N) is 1. The first-order valence-electron chi connectivity index (χ1n) is 6.17. The number of hydrogen-bond donors (Lipinski definition) is 2. The third-order valence-corrected chi connectivity index (χ3v) is 2.97. The Kier molecular flexibility index (Phi) is 4.14. The van der Waals surface area contributed by atoms with Gasteiger partial charge in [-0.3, -0.25) is 9.48 Å². The van der Waals surface area contributed by atoms with Crippen molar-refractivity contribution in [2.45, 2.75) is 19.0 Å². The van der Waals surface area contributed by atoms with Crippen LogP contribution >= 0.6 is 0 Å². The van der Waals surface area contributed by atoms with Crippen LogP contribution in [0.1, 0.15) is 24.6 Å². The molecule has 2 rings (SSSR count). The highest BCUT2D eigenvalue weighted by atomic mass is 16.4. The van der Waals surface area contributed by atoms with E-state index < -0.39 is 24.0 Å². The average molecular weight is 273 g/mol. The van der Waals surface area contributed by atoms with Crippen molar-refractivity contribution in [3.63, 3.8) is 0 Å². The van der Waals surface area contributed by atoms with Gasteiger partial charge < -0.3 is 10.4 Å². The van der Waals surface area contributed by atoms with Gasteiger partial charge in [-0.25, -0.2) is 4.79 Å². The lowest BCUT2D eigenvalue weighted by Crippen LogP contribution is -2.37. The largest absolute Gasteiger partial charge is 0.479 e. The molecule has 6 heteroatoms. The number of benzene rings is 1. The van der Waals surface area contributed by atoms with Crippen LogP contribution in [0.2, 0.25) is 0 Å². The predicted octanol–water partition coefficient (Wildman–Crippen LogP) is 1.39. The molecule has 0 saturated heterocycles. The van der Waals surface area contributed by atoms with E-state index >= 15 is 0 Å². The summed E-state index contributed by atoms with van der Waals surface area (Å²) in [5, 5.41) is 15.7. The van der Waals surface area contributed by atoms with Crippen LogP contribution < -0.4 is 5.32 Å².